The monoisotopic (exact) mass is 1120 g/mol. The summed E-state index contributed by atoms with van der Waals surface area (Å²) in [7, 11) is 1.16. The Morgan fingerprint density at radius 2 is 0.731 bits per heavy atom. The summed E-state index contributed by atoms with van der Waals surface area (Å²) in [5, 5.41) is 0. The number of esters is 2. The van der Waals surface area contributed by atoms with E-state index >= 15 is 0 Å². The first-order valence-corrected chi connectivity index (χ1v) is 34.8. The number of unbranched alkanes of at least 4 members (excludes halogenated alkanes) is 40. The lowest BCUT2D eigenvalue weighted by Crippen LogP contribution is -2.37. The Morgan fingerprint density at radius 3 is 1.09 bits per heavy atom. The smallest absolute Gasteiger partial charge is 0.306 e. The minimum absolute atomic E-state index is 0.0359. The van der Waals surface area contributed by atoms with Gasteiger partial charge in [0.15, 0.2) is 6.10 Å². The molecule has 0 aliphatic rings. The fourth-order valence-electron chi connectivity index (χ4n) is 9.77. The molecule has 2 unspecified atom stereocenters. The second-order valence-corrected chi connectivity index (χ2v) is 25.2. The van der Waals surface area contributed by atoms with Crippen molar-refractivity contribution in [1.82, 2.24) is 0 Å². The van der Waals surface area contributed by atoms with Gasteiger partial charge >= 0.3 is 11.9 Å². The molecule has 0 rings (SSSR count). The Kier molecular flexibility index (Phi) is 58.0. The van der Waals surface area contributed by atoms with Gasteiger partial charge in [-0.15, -0.1) is 0 Å². The number of hydrogen-bond donors (Lipinski definition) is 0. The second kappa shape index (κ2) is 59.6. The van der Waals surface area contributed by atoms with E-state index in [9.17, 15) is 19.0 Å². The number of ether oxygens (including phenoxy) is 2. The third-order valence-electron chi connectivity index (χ3n) is 14.9. The zero-order valence-corrected chi connectivity index (χ0v) is 53.0. The van der Waals surface area contributed by atoms with Crippen molar-refractivity contribution in [3.63, 3.8) is 0 Å². The van der Waals surface area contributed by atoms with Gasteiger partial charge < -0.3 is 27.9 Å². The Morgan fingerprint density at radius 1 is 0.410 bits per heavy atom. The summed E-state index contributed by atoms with van der Waals surface area (Å²) in [6, 6.07) is 0. The molecule has 2 atom stereocenters. The number of likely N-dealkylation sites (N-methyl/N-ethyl adjacent to an activating group) is 1. The van der Waals surface area contributed by atoms with E-state index in [1.165, 1.54) is 218 Å². The van der Waals surface area contributed by atoms with E-state index in [0.717, 1.165) is 70.6 Å². The number of phosphoric ester groups is 1. The third-order valence-corrected chi connectivity index (χ3v) is 15.8. The van der Waals surface area contributed by atoms with Crippen molar-refractivity contribution >= 4 is 19.8 Å². The highest BCUT2D eigenvalue weighted by Crippen LogP contribution is 2.38. The quantitative estimate of drug-likeness (QED) is 0.0195. The van der Waals surface area contributed by atoms with Crippen LogP contribution in [0.4, 0.5) is 0 Å². The van der Waals surface area contributed by atoms with Crippen molar-refractivity contribution in [2.75, 3.05) is 47.5 Å². The number of phosphoric acid groups is 1. The highest BCUT2D eigenvalue weighted by molar-refractivity contribution is 7.45. The van der Waals surface area contributed by atoms with Crippen LogP contribution in [-0.2, 0) is 32.7 Å². The molecule has 10 heteroatoms. The highest BCUT2D eigenvalue weighted by Gasteiger charge is 2.22. The van der Waals surface area contributed by atoms with E-state index in [2.05, 4.69) is 62.5 Å². The largest absolute Gasteiger partial charge is 0.756 e. The van der Waals surface area contributed by atoms with Gasteiger partial charge in [-0.3, -0.25) is 14.2 Å². The molecular weight excluding hydrogens is 990 g/mol. The summed E-state index contributed by atoms with van der Waals surface area (Å²) in [6.07, 6.45) is 76.5. The fourth-order valence-corrected chi connectivity index (χ4v) is 10.5. The molecule has 0 spiro atoms. The van der Waals surface area contributed by atoms with Gasteiger partial charge in [-0.1, -0.05) is 306 Å². The maximum atomic E-state index is 12.8. The predicted octanol–water partition coefficient (Wildman–Crippen LogP) is 20.6. The Labute approximate surface area is 484 Å². The Bertz CT molecular complexity index is 1460. The molecule has 0 amide bonds. The molecule has 0 aliphatic heterocycles. The summed E-state index contributed by atoms with van der Waals surface area (Å²) in [5.41, 5.74) is 0. The minimum atomic E-state index is -4.64. The first-order valence-electron chi connectivity index (χ1n) is 33.3. The van der Waals surface area contributed by atoms with Crippen LogP contribution in [0.3, 0.4) is 0 Å². The van der Waals surface area contributed by atoms with Gasteiger partial charge in [0.2, 0.25) is 0 Å². The van der Waals surface area contributed by atoms with Crippen LogP contribution in [-0.4, -0.2) is 70.0 Å². The number of rotatable bonds is 62. The molecule has 78 heavy (non-hydrogen) atoms. The molecule has 0 aromatic rings. The zero-order valence-electron chi connectivity index (χ0n) is 52.1. The first kappa shape index (κ1) is 76.0. The molecule has 0 aromatic heterocycles. The van der Waals surface area contributed by atoms with Gasteiger partial charge in [0, 0.05) is 12.8 Å². The van der Waals surface area contributed by atoms with E-state index < -0.39 is 26.5 Å². The molecule has 0 bridgehead atoms. The molecule has 0 N–H and O–H groups in total. The van der Waals surface area contributed by atoms with Crippen LogP contribution in [0.5, 0.6) is 0 Å². The van der Waals surface area contributed by atoms with Crippen molar-refractivity contribution in [1.29, 1.82) is 0 Å². The lowest BCUT2D eigenvalue weighted by molar-refractivity contribution is -0.870. The van der Waals surface area contributed by atoms with Crippen LogP contribution >= 0.6 is 7.82 Å². The number of carbonyl (C=O) groups excluding carboxylic acids is 2. The molecule has 0 aliphatic carbocycles. The van der Waals surface area contributed by atoms with Crippen LogP contribution in [0.1, 0.15) is 322 Å². The number of nitrogens with zero attached hydrogens (tertiary/aromatic N) is 1. The van der Waals surface area contributed by atoms with Gasteiger partial charge in [-0.2, -0.15) is 0 Å². The summed E-state index contributed by atoms with van der Waals surface area (Å²) in [4.78, 5) is 37.9. The summed E-state index contributed by atoms with van der Waals surface area (Å²) in [5.74, 6) is -0.850. The van der Waals surface area contributed by atoms with Crippen LogP contribution in [0.25, 0.3) is 0 Å². The van der Waals surface area contributed by atoms with E-state index in [4.69, 9.17) is 18.5 Å². The number of hydrogen-bond acceptors (Lipinski definition) is 8. The van der Waals surface area contributed by atoms with E-state index in [0.29, 0.717) is 17.4 Å². The second-order valence-electron chi connectivity index (χ2n) is 23.8. The molecule has 0 radical (unpaired) electrons. The van der Waals surface area contributed by atoms with Gasteiger partial charge in [-0.05, 0) is 51.4 Å². The van der Waals surface area contributed by atoms with Crippen LogP contribution in [0.15, 0.2) is 48.6 Å². The molecular formula is C68H128NO8P. The molecule has 0 saturated heterocycles. The van der Waals surface area contributed by atoms with Crippen LogP contribution in [0, 0.1) is 0 Å². The first-order chi connectivity index (χ1) is 38.0. The van der Waals surface area contributed by atoms with Gasteiger partial charge in [0.1, 0.15) is 19.8 Å². The molecule has 458 valence electrons. The summed E-state index contributed by atoms with van der Waals surface area (Å²) >= 11 is 0. The van der Waals surface area contributed by atoms with Crippen LogP contribution < -0.4 is 4.89 Å². The Balaban J connectivity index is 3.91. The summed E-state index contributed by atoms with van der Waals surface area (Å²) in [6.45, 7) is 4.14. The SMILES string of the molecule is CC/C=C\C/C=C\C/C=C\C/C=C\CCCCCCC(=O)OC(COC(=O)CCCCCCCCCCCCCCCCCCCCCCCCCCCCCCCCCCCCCCC)COP(=O)([O-])OCC[N+](C)(C)C. The van der Waals surface area contributed by atoms with Crippen molar-refractivity contribution in [2.45, 2.75) is 328 Å². The number of carbonyl (C=O) groups is 2. The molecule has 0 heterocycles. The lowest BCUT2D eigenvalue weighted by atomic mass is 10.0. The predicted molar refractivity (Wildman–Crippen MR) is 333 cm³/mol. The van der Waals surface area contributed by atoms with Crippen molar-refractivity contribution in [3.05, 3.63) is 48.6 Å². The van der Waals surface area contributed by atoms with Gasteiger partial charge in [-0.25, -0.2) is 0 Å². The Hall–Kier alpha value is -2.03. The summed E-state index contributed by atoms with van der Waals surface area (Å²) < 4.78 is 34.2. The highest BCUT2D eigenvalue weighted by atomic mass is 31.2. The maximum absolute atomic E-state index is 12.8. The van der Waals surface area contributed by atoms with Crippen molar-refractivity contribution in [3.8, 4) is 0 Å². The topological polar surface area (TPSA) is 111 Å². The molecule has 9 nitrogen and oxygen atoms in total. The minimum Gasteiger partial charge on any atom is -0.756 e. The molecule has 0 saturated carbocycles. The fraction of sp³-hybridized carbons (Fsp3) is 0.853. The van der Waals surface area contributed by atoms with E-state index in [1.54, 1.807) is 0 Å². The number of allylic oxidation sites excluding steroid dienone is 8. The van der Waals surface area contributed by atoms with Gasteiger partial charge in [0.25, 0.3) is 7.82 Å². The average molecular weight is 1120 g/mol. The molecule has 0 fully saturated rings. The average Bonchev–Trinajstić information content (AvgIpc) is 3.40. The third kappa shape index (κ3) is 63.2. The van der Waals surface area contributed by atoms with Crippen molar-refractivity contribution < 1.29 is 42.1 Å². The maximum Gasteiger partial charge on any atom is 0.306 e. The zero-order chi connectivity index (χ0) is 57.0. The standard InChI is InChI=1S/C68H128NO8P/c1-6-8-10-12-14-16-18-20-22-24-25-26-27-28-29-30-31-32-33-34-35-36-37-38-39-40-41-42-43-45-46-48-50-52-54-56-58-60-67(70)74-64-66(65-76-78(72,73)75-63-62-69(3,4)5)77-68(71)61-59-57-55-53-51-49-47-44-23-21-19-17-15-13-11-9-7-2/h9,11,15,17,21,23,47,49,66H,6-8,10,12-14,16,18-20,22,24-46,48,50-65H2,1-5H3/b11-9-,17-15-,23-21-,49-47-. The van der Waals surface area contributed by atoms with Crippen molar-refractivity contribution in [2.24, 2.45) is 0 Å². The van der Waals surface area contributed by atoms with E-state index in [-0.39, 0.29) is 32.0 Å². The van der Waals surface area contributed by atoms with E-state index in [1.807, 2.05) is 21.1 Å². The molecule has 0 aromatic carbocycles. The lowest BCUT2D eigenvalue weighted by Gasteiger charge is -2.28. The number of quaternary nitrogens is 1. The van der Waals surface area contributed by atoms with Gasteiger partial charge in [0.05, 0.1) is 27.7 Å². The normalized spacial score (nSPS) is 13.5. The van der Waals surface area contributed by atoms with Crippen LogP contribution in [0.2, 0.25) is 0 Å².